The van der Waals surface area contributed by atoms with Gasteiger partial charge in [-0.05, 0) is 33.8 Å². The summed E-state index contributed by atoms with van der Waals surface area (Å²) in [6.45, 7) is 2.14. The first-order valence-corrected chi connectivity index (χ1v) is 58.6. The van der Waals surface area contributed by atoms with E-state index in [4.69, 9.17) is 22.4 Å². The van der Waals surface area contributed by atoms with Crippen molar-refractivity contribution in [3.63, 3.8) is 0 Å². The van der Waals surface area contributed by atoms with Gasteiger partial charge in [-0.3, -0.25) is 0 Å². The lowest BCUT2D eigenvalue weighted by Crippen LogP contribution is -1.91. The molecule has 39 heteroatoms. The highest BCUT2D eigenvalue weighted by atomic mass is 79.9. The highest BCUT2D eigenvalue weighted by molar-refractivity contribution is 9.10. The van der Waals surface area contributed by atoms with Gasteiger partial charge in [0.2, 0.25) is 0 Å². The Morgan fingerprint density at radius 2 is 0.788 bits per heavy atom. The summed E-state index contributed by atoms with van der Waals surface area (Å²) in [5.74, 6) is 0. The quantitative estimate of drug-likeness (QED) is 0.371. The van der Waals surface area contributed by atoms with Crippen LogP contribution in [0.25, 0.3) is 16.4 Å². The number of pyridine rings is 1. The summed E-state index contributed by atoms with van der Waals surface area (Å²) in [6, 6.07) is 10.5. The molecule has 3 rings (SSSR count). The second-order valence-corrected chi connectivity index (χ2v) is 67.0. The lowest BCUT2D eigenvalue weighted by atomic mass is 10.2. The number of fused-ring (bicyclic) bond motifs is 3. The van der Waals surface area contributed by atoms with Crippen LogP contribution in [0.5, 0.6) is 0 Å². The molecule has 3 aromatic rings. The molecule has 0 amide bonds. The normalized spacial score (nSPS) is 8.81. The Labute approximate surface area is 415 Å². The molecule has 52 heavy (non-hydrogen) atoms. The average molecular weight is 1430 g/mol. The number of hydrogen-bond acceptors (Lipinski definition) is 3. The summed E-state index contributed by atoms with van der Waals surface area (Å²) in [5, 5.41) is 2.43. The van der Waals surface area contributed by atoms with Gasteiger partial charge >= 0.3 is 0 Å². The first-order valence-electron chi connectivity index (χ1n) is 11.2. The summed E-state index contributed by atoms with van der Waals surface area (Å²) >= 11 is 13.1. The molecule has 0 spiro atoms. The maximum atomic E-state index is 4.80. The molecule has 0 aliphatic rings. The highest BCUT2D eigenvalue weighted by Gasteiger charge is 2.09. The largest absolute Gasteiger partial charge is 0.302 e. The number of rotatable bonds is 1. The Morgan fingerprint density at radius 3 is 1.10 bits per heavy atom. The number of hydrogen-bond donors (Lipinski definition) is 0. The number of nitrogens with zero attached hydrogens (tertiary/aromatic N) is 2. The number of aryl methyl sites for hydroxylation is 1. The summed E-state index contributed by atoms with van der Waals surface area (Å²) in [5.41, 5.74) is 2.25. The van der Waals surface area contributed by atoms with Crippen LogP contribution in [0, 0.1) is 0 Å². The lowest BCUT2D eigenvalue weighted by Gasteiger charge is -2.02. The fourth-order valence-electron chi connectivity index (χ4n) is 2.47. The van der Waals surface area contributed by atoms with E-state index in [1.165, 1.54) is 34.2 Å². The van der Waals surface area contributed by atoms with E-state index >= 15 is 0 Å². The molecule has 0 bridgehead atoms. The Morgan fingerprint density at radius 1 is 0.481 bits per heavy atom. The Hall–Kier alpha value is 6.57. The van der Waals surface area contributed by atoms with E-state index in [0.717, 1.165) is 16.7 Å². The van der Waals surface area contributed by atoms with Gasteiger partial charge in [0.05, 0.1) is 5.69 Å². The van der Waals surface area contributed by atoms with Gasteiger partial charge in [0.1, 0.15) is 10.3 Å². The van der Waals surface area contributed by atoms with Gasteiger partial charge in [-0.25, -0.2) is 4.98 Å². The average Bonchev–Trinajstić information content (AvgIpc) is 3.50. The van der Waals surface area contributed by atoms with Gasteiger partial charge in [0, 0.05) is 336 Å². The molecule has 296 valence electrons. The molecule has 2 aromatic heterocycles. The standard InChI is InChI=1S/C13H11BrN2.S36/c1-2-11-12(14)15-13-10-6-4-3-5-9(10)7-8-16(11)13;1-3-5-7-9-11-13-15-17-19-21-23-25-27-29-31-33-35-36-34-32-30-28-26-24-22-20-18-16-14-12-10-8-6-4-2/h3-8H,2H2,1H3;. The fraction of sp³-hybridized carbons (Fsp3) is 0.154. The summed E-state index contributed by atoms with van der Waals surface area (Å²) < 4.78 is 3.11. The molecule has 2 nitrogen and oxygen atoms in total. The summed E-state index contributed by atoms with van der Waals surface area (Å²) in [6.07, 6.45) is 3.06. The Kier molecular flexibility index (Phi) is 43.7. The van der Waals surface area contributed by atoms with E-state index < -0.39 is 0 Å². The zero-order valence-corrected chi connectivity index (χ0v) is 54.6. The third-order valence-corrected chi connectivity index (χ3v) is 77.8. The van der Waals surface area contributed by atoms with Gasteiger partial charge in [-0.15, -0.1) is 0 Å². The van der Waals surface area contributed by atoms with Crippen LogP contribution in [-0.2, 0) is 331 Å². The van der Waals surface area contributed by atoms with Crippen molar-refractivity contribution in [1.82, 2.24) is 9.38 Å². The van der Waals surface area contributed by atoms with Gasteiger partial charge in [0.25, 0.3) is 0 Å². The Bertz CT molecular complexity index is 3190. The molecule has 0 saturated heterocycles. The van der Waals surface area contributed by atoms with E-state index in [-0.39, 0.29) is 0 Å². The lowest BCUT2D eigenvalue weighted by molar-refractivity contribution is 0.990. The van der Waals surface area contributed by atoms with Crippen LogP contribution in [0.2, 0.25) is 0 Å². The van der Waals surface area contributed by atoms with E-state index in [1.54, 1.807) is 107 Å². The first-order chi connectivity index (χ1) is 25.7. The highest BCUT2D eigenvalue weighted by Crippen LogP contribution is 2.25. The second-order valence-electron chi connectivity index (χ2n) is 6.11. The van der Waals surface area contributed by atoms with Crippen molar-refractivity contribution in [1.29, 1.82) is 0 Å². The van der Waals surface area contributed by atoms with Crippen molar-refractivity contribution >= 4 is 357 Å². The first kappa shape index (κ1) is 54.7. The molecule has 0 aliphatic heterocycles. The van der Waals surface area contributed by atoms with Gasteiger partial charge in [-0.2, -0.15) is 0 Å². The molecule has 2 heterocycles. The van der Waals surface area contributed by atoms with Crippen molar-refractivity contribution in [2.24, 2.45) is 0 Å². The number of aromatic nitrogens is 2. The minimum Gasteiger partial charge on any atom is -0.302 e. The molecule has 0 saturated carbocycles. The maximum Gasteiger partial charge on any atom is 0.146 e. The van der Waals surface area contributed by atoms with Crippen LogP contribution in [0.15, 0.2) is 41.1 Å². The molecule has 0 radical (unpaired) electrons. The van der Waals surface area contributed by atoms with Crippen LogP contribution in [0.1, 0.15) is 12.6 Å². The zero-order valence-electron chi connectivity index (χ0n) is 23.6. The van der Waals surface area contributed by atoms with Gasteiger partial charge < -0.3 is 4.40 Å². The minimum atomic E-state index is 0.950. The molecular weight excluding hydrogens is 1420 g/mol. The van der Waals surface area contributed by atoms with Crippen molar-refractivity contribution in [3.8, 4) is 0 Å². The van der Waals surface area contributed by atoms with E-state index in [2.05, 4.69) is 68.8 Å². The minimum absolute atomic E-state index is 0.950. The molecule has 1 aromatic carbocycles. The van der Waals surface area contributed by atoms with E-state index in [0.29, 0.717) is 0 Å². The van der Waals surface area contributed by atoms with Crippen molar-refractivity contribution < 1.29 is 0 Å². The number of benzene rings is 1. The van der Waals surface area contributed by atoms with Crippen LogP contribution in [0.4, 0.5) is 0 Å². The summed E-state index contributed by atoms with van der Waals surface area (Å²) in [7, 11) is 60.1. The topological polar surface area (TPSA) is 17.3 Å². The predicted octanol–water partition coefficient (Wildman–Crippen LogP) is 3.73. The Balaban J connectivity index is 0.000000475. The third kappa shape index (κ3) is 29.0. The van der Waals surface area contributed by atoms with E-state index in [1.807, 2.05) is 178 Å². The number of imidazole rings is 1. The molecule has 0 unspecified atom stereocenters. The van der Waals surface area contributed by atoms with Crippen LogP contribution < -0.4 is 0 Å². The number of halogens is 1. The SMILES string of the molecule is CCc1c(Br)nc2c3ccccc3ccn12.S=S=S=S=S=S=S=S=S=S=S=S=S=S=S=S=S=S=S=S=S=S=S=S=S=S=S=S=S=S=S=S=S=S=S=S. The third-order valence-electron chi connectivity index (χ3n) is 3.82. The molecular formula is C13H11BrN2S36. The molecule has 0 N–H and O–H groups in total. The summed E-state index contributed by atoms with van der Waals surface area (Å²) in [4.78, 5) is 4.59. The molecule has 0 fully saturated rings. The van der Waals surface area contributed by atoms with Crippen molar-refractivity contribution in [3.05, 3.63) is 46.8 Å². The zero-order chi connectivity index (χ0) is 37.2. The molecule has 0 aliphatic carbocycles. The van der Waals surface area contributed by atoms with Gasteiger partial charge in [-0.1, -0.05) is 31.2 Å². The van der Waals surface area contributed by atoms with E-state index in [9.17, 15) is 0 Å². The monoisotopic (exact) mass is 1430 g/mol. The fourth-order valence-corrected chi connectivity index (χ4v) is 90.9. The second kappa shape index (κ2) is 41.6. The van der Waals surface area contributed by atoms with Crippen molar-refractivity contribution in [2.45, 2.75) is 13.3 Å². The van der Waals surface area contributed by atoms with Crippen LogP contribution >= 0.6 is 15.9 Å². The smallest absolute Gasteiger partial charge is 0.146 e. The maximum absolute atomic E-state index is 4.80. The molecule has 0 atom stereocenters. The van der Waals surface area contributed by atoms with Gasteiger partial charge in [0.15, 0.2) is 0 Å². The van der Waals surface area contributed by atoms with Crippen LogP contribution in [-0.4, -0.2) is 9.38 Å². The predicted molar refractivity (Wildman–Crippen MR) is 335 cm³/mol. The van der Waals surface area contributed by atoms with Crippen LogP contribution in [0.3, 0.4) is 0 Å². The van der Waals surface area contributed by atoms with Crippen molar-refractivity contribution in [2.75, 3.05) is 0 Å².